The molecule has 0 N–H and O–H groups in total. The van der Waals surface area contributed by atoms with E-state index in [0.717, 1.165) is 112 Å². The zero-order valence-electron chi connectivity index (χ0n) is 44.2. The van der Waals surface area contributed by atoms with Crippen molar-refractivity contribution in [2.75, 3.05) is 20.1 Å². The molecule has 5 saturated carbocycles. The number of carbonyl (C=O) groups is 2. The van der Waals surface area contributed by atoms with Gasteiger partial charge in [0, 0.05) is 12.3 Å². The molecule has 5 aliphatic carbocycles. The van der Waals surface area contributed by atoms with Crippen LogP contribution in [0.4, 0.5) is 0 Å². The zero-order chi connectivity index (χ0) is 46.6. The third kappa shape index (κ3) is 19.4. The van der Waals surface area contributed by atoms with E-state index < -0.39 is 5.41 Å². The molecule has 0 spiro atoms. The molecule has 1 saturated heterocycles. The average molecular weight is 919 g/mol. The fourth-order valence-electron chi connectivity index (χ4n) is 13.5. The van der Waals surface area contributed by atoms with Crippen LogP contribution in [0, 0.1) is 64.6 Å². The number of allylic oxidation sites excluding steroid dienone is 2. The number of carbonyl (C=O) groups excluding carboxylic acids is 2. The van der Waals surface area contributed by atoms with Gasteiger partial charge in [0.1, 0.15) is 12.2 Å². The molecule has 1 aliphatic heterocycles. The molecule has 0 radical (unpaired) electrons. The summed E-state index contributed by atoms with van der Waals surface area (Å²) in [5.74, 6) is 8.98. The number of rotatable bonds is 38. The van der Waals surface area contributed by atoms with Crippen LogP contribution in [0.5, 0.6) is 0 Å². The third-order valence-corrected chi connectivity index (χ3v) is 18.8. The topological polar surface area (TPSA) is 55.8 Å². The van der Waals surface area contributed by atoms with Gasteiger partial charge in [0.2, 0.25) is 0 Å². The average Bonchev–Trinajstić information content (AvgIpc) is 4.19. The van der Waals surface area contributed by atoms with Crippen molar-refractivity contribution in [1.82, 2.24) is 4.90 Å². The summed E-state index contributed by atoms with van der Waals surface area (Å²) >= 11 is 0. The Kier molecular flexibility index (Phi) is 23.8. The lowest BCUT2D eigenvalue weighted by Gasteiger charge is -2.37. The molecule has 66 heavy (non-hydrogen) atoms. The van der Waals surface area contributed by atoms with Crippen LogP contribution in [-0.2, 0) is 19.1 Å². The smallest absolute Gasteiger partial charge is 0.312 e. The summed E-state index contributed by atoms with van der Waals surface area (Å²) in [5.41, 5.74) is -0.402. The van der Waals surface area contributed by atoms with Crippen molar-refractivity contribution in [2.24, 2.45) is 64.6 Å². The summed E-state index contributed by atoms with van der Waals surface area (Å²) in [4.78, 5) is 29.8. The fraction of sp³-hybridized carbons (Fsp3) is 0.934. The predicted molar refractivity (Wildman–Crippen MR) is 277 cm³/mol. The van der Waals surface area contributed by atoms with Gasteiger partial charge in [-0.3, -0.25) is 9.59 Å². The van der Waals surface area contributed by atoms with Gasteiger partial charge in [-0.2, -0.15) is 0 Å². The molecule has 5 heteroatoms. The SMILES string of the molecule is CC/C=C\CC1C(CC(=O)OC(CCCCCCCCC2CC2CC2CC2CCCCC)CCCCCCCCC2CC2CC2CC2CCCCC)CCC1OC(=O)C1(C)CCN(C)CC1. The Morgan fingerprint density at radius 3 is 1.50 bits per heavy atom. The van der Waals surface area contributed by atoms with E-state index in [4.69, 9.17) is 9.47 Å². The van der Waals surface area contributed by atoms with Crippen LogP contribution in [0.25, 0.3) is 0 Å². The maximum absolute atomic E-state index is 13.8. The number of likely N-dealkylation sites (tertiary alicyclic amines) is 1. The van der Waals surface area contributed by atoms with E-state index in [9.17, 15) is 9.59 Å². The molecule has 11 atom stereocenters. The number of unbranched alkanes of at least 4 members (excludes halogenated alkanes) is 14. The zero-order valence-corrected chi connectivity index (χ0v) is 44.2. The van der Waals surface area contributed by atoms with Gasteiger partial charge in [0.15, 0.2) is 0 Å². The van der Waals surface area contributed by atoms with E-state index >= 15 is 0 Å². The molecule has 380 valence electrons. The quantitative estimate of drug-likeness (QED) is 0.0351. The van der Waals surface area contributed by atoms with Crippen molar-refractivity contribution >= 4 is 11.9 Å². The van der Waals surface area contributed by atoms with Gasteiger partial charge in [0.25, 0.3) is 0 Å². The molecule has 0 aromatic heterocycles. The summed E-state index contributed by atoms with van der Waals surface area (Å²) in [5, 5.41) is 0. The summed E-state index contributed by atoms with van der Waals surface area (Å²) in [6, 6.07) is 0. The first kappa shape index (κ1) is 54.0. The summed E-state index contributed by atoms with van der Waals surface area (Å²) < 4.78 is 12.8. The van der Waals surface area contributed by atoms with Crippen LogP contribution in [0.3, 0.4) is 0 Å². The molecule has 0 amide bonds. The molecule has 0 bridgehead atoms. The minimum Gasteiger partial charge on any atom is -0.462 e. The van der Waals surface area contributed by atoms with E-state index in [1.807, 2.05) is 0 Å². The van der Waals surface area contributed by atoms with Crippen LogP contribution in [0.1, 0.15) is 265 Å². The lowest BCUT2D eigenvalue weighted by atomic mass is 9.80. The normalized spacial score (nSPS) is 31.6. The van der Waals surface area contributed by atoms with Crippen molar-refractivity contribution in [3.8, 4) is 0 Å². The van der Waals surface area contributed by atoms with E-state index in [0.29, 0.717) is 6.42 Å². The Hall–Kier alpha value is -1.36. The van der Waals surface area contributed by atoms with Gasteiger partial charge in [-0.25, -0.2) is 0 Å². The first-order valence-corrected chi connectivity index (χ1v) is 29.9. The highest BCUT2D eigenvalue weighted by Gasteiger charge is 2.46. The number of hydrogen-bond donors (Lipinski definition) is 0. The first-order chi connectivity index (χ1) is 32.2. The number of hydrogen-bond acceptors (Lipinski definition) is 5. The molecule has 11 unspecified atom stereocenters. The highest BCUT2D eigenvalue weighted by Crippen LogP contribution is 2.56. The number of piperidine rings is 1. The van der Waals surface area contributed by atoms with Crippen molar-refractivity contribution in [3.05, 3.63) is 12.2 Å². The van der Waals surface area contributed by atoms with Crippen molar-refractivity contribution in [2.45, 2.75) is 277 Å². The Morgan fingerprint density at radius 1 is 0.576 bits per heavy atom. The van der Waals surface area contributed by atoms with Crippen molar-refractivity contribution in [3.63, 3.8) is 0 Å². The lowest BCUT2D eigenvalue weighted by molar-refractivity contribution is -0.165. The third-order valence-electron chi connectivity index (χ3n) is 18.8. The lowest BCUT2D eigenvalue weighted by Crippen LogP contribution is -2.43. The molecule has 5 nitrogen and oxygen atoms in total. The number of esters is 2. The number of ether oxygens (including phenoxy) is 2. The molecule has 0 aromatic carbocycles. The maximum Gasteiger partial charge on any atom is 0.312 e. The van der Waals surface area contributed by atoms with Crippen LogP contribution in [-0.4, -0.2) is 49.2 Å². The molecular weight excluding hydrogens is 811 g/mol. The van der Waals surface area contributed by atoms with E-state index in [1.165, 1.54) is 154 Å². The summed E-state index contributed by atoms with van der Waals surface area (Å²) in [7, 11) is 2.14. The minimum atomic E-state index is -0.402. The van der Waals surface area contributed by atoms with Gasteiger partial charge >= 0.3 is 11.9 Å². The second kappa shape index (κ2) is 29.1. The molecular formula is C61H107NO4. The van der Waals surface area contributed by atoms with Gasteiger partial charge < -0.3 is 14.4 Å². The molecule has 6 rings (SSSR count). The van der Waals surface area contributed by atoms with Gasteiger partial charge in [-0.1, -0.05) is 161 Å². The van der Waals surface area contributed by atoms with Gasteiger partial charge in [0.05, 0.1) is 5.41 Å². The number of nitrogens with zero attached hydrogens (tertiary/aromatic N) is 1. The molecule has 1 heterocycles. The van der Waals surface area contributed by atoms with Gasteiger partial charge in [-0.15, -0.1) is 0 Å². The van der Waals surface area contributed by atoms with E-state index in [2.05, 4.69) is 51.8 Å². The monoisotopic (exact) mass is 918 g/mol. The Bertz CT molecular complexity index is 1330. The Balaban J connectivity index is 0.867. The largest absolute Gasteiger partial charge is 0.462 e. The summed E-state index contributed by atoms with van der Waals surface area (Å²) in [6.07, 6.45) is 52.0. The minimum absolute atomic E-state index is 0.0112. The first-order valence-electron chi connectivity index (χ1n) is 29.9. The van der Waals surface area contributed by atoms with Crippen LogP contribution >= 0.6 is 0 Å². The van der Waals surface area contributed by atoms with Crippen LogP contribution in [0.2, 0.25) is 0 Å². The fourth-order valence-corrected chi connectivity index (χ4v) is 13.5. The second-order valence-electron chi connectivity index (χ2n) is 24.6. The van der Waals surface area contributed by atoms with E-state index in [1.54, 1.807) is 25.7 Å². The summed E-state index contributed by atoms with van der Waals surface area (Å²) in [6.45, 7) is 10.8. The molecule has 0 aromatic rings. The highest BCUT2D eigenvalue weighted by atomic mass is 16.5. The van der Waals surface area contributed by atoms with E-state index in [-0.39, 0.29) is 36.0 Å². The standard InChI is InChI=1S/C61H107NO4/c1-6-9-20-27-47-40-52(47)44-54-42-49(54)29-23-16-12-14-18-25-31-56(32-26-19-15-13-17-24-30-50-43-55(50)45-53-41-48(53)28-21-10-7-2)65-59(63)46-51-34-35-58(57(51)33-22-11-8-3)66-60(64)61(4)36-38-62(5)39-37-61/h11,22,47-58H,6-10,12-21,23-46H2,1-5H3/b22-11-. The van der Waals surface area contributed by atoms with Crippen molar-refractivity contribution < 1.29 is 19.1 Å². The van der Waals surface area contributed by atoms with Crippen molar-refractivity contribution in [1.29, 1.82) is 0 Å². The van der Waals surface area contributed by atoms with Gasteiger partial charge in [-0.05, 0) is 183 Å². The maximum atomic E-state index is 13.8. The second-order valence-corrected chi connectivity index (χ2v) is 24.6. The highest BCUT2D eigenvalue weighted by molar-refractivity contribution is 5.77. The molecule has 6 aliphatic rings. The molecule has 6 fully saturated rings. The predicted octanol–water partition coefficient (Wildman–Crippen LogP) is 17.0. The Morgan fingerprint density at radius 2 is 1.03 bits per heavy atom. The Labute approximate surface area is 408 Å². The van der Waals surface area contributed by atoms with Crippen LogP contribution in [0.15, 0.2) is 12.2 Å². The van der Waals surface area contributed by atoms with Crippen LogP contribution < -0.4 is 0 Å².